The minimum Gasteiger partial charge on any atom is -0.207 e. The van der Waals surface area contributed by atoms with Crippen molar-refractivity contribution in [3.8, 4) is 0 Å². The highest BCUT2D eigenvalue weighted by Gasteiger charge is 2.32. The Kier molecular flexibility index (Phi) is 5.17. The summed E-state index contributed by atoms with van der Waals surface area (Å²) in [5.74, 6) is 0. The molecule has 0 saturated heterocycles. The lowest BCUT2D eigenvalue weighted by Crippen LogP contribution is -2.36. The Balaban J connectivity index is 2.21. The summed E-state index contributed by atoms with van der Waals surface area (Å²) >= 11 is 0. The number of halogens is 3. The largest absolute Gasteiger partial charge is 0.416 e. The van der Waals surface area contributed by atoms with Gasteiger partial charge in [-0.1, -0.05) is 25.7 Å². The predicted octanol–water partition coefficient (Wildman–Crippen LogP) is 4.05. The van der Waals surface area contributed by atoms with Gasteiger partial charge in [0.1, 0.15) is 0 Å². The molecule has 0 spiro atoms. The molecule has 2 rings (SSSR count). The number of rotatable bonds is 3. The van der Waals surface area contributed by atoms with Gasteiger partial charge in [0.15, 0.2) is 0 Å². The third-order valence-electron chi connectivity index (χ3n) is 4.20. The zero-order valence-electron chi connectivity index (χ0n) is 12.4. The maximum absolute atomic E-state index is 12.6. The van der Waals surface area contributed by atoms with Gasteiger partial charge >= 0.3 is 6.18 Å². The predicted molar refractivity (Wildman–Crippen MR) is 77.9 cm³/mol. The van der Waals surface area contributed by atoms with Gasteiger partial charge in [-0.3, -0.25) is 0 Å². The summed E-state index contributed by atoms with van der Waals surface area (Å²) in [6, 6.07) is 3.62. The van der Waals surface area contributed by atoms with Crippen molar-refractivity contribution in [2.24, 2.45) is 0 Å². The van der Waals surface area contributed by atoms with Gasteiger partial charge in [0.2, 0.25) is 10.0 Å². The summed E-state index contributed by atoms with van der Waals surface area (Å²) in [6.07, 6.45) is 1.31. The van der Waals surface area contributed by atoms with E-state index in [1.54, 1.807) is 0 Å². The molecule has 0 unspecified atom stereocenters. The molecule has 22 heavy (non-hydrogen) atoms. The van der Waals surface area contributed by atoms with Crippen LogP contribution in [0.5, 0.6) is 0 Å². The van der Waals surface area contributed by atoms with E-state index in [-0.39, 0.29) is 10.9 Å². The van der Waals surface area contributed by atoms with Crippen LogP contribution in [0.25, 0.3) is 0 Å². The first-order valence-electron chi connectivity index (χ1n) is 7.38. The summed E-state index contributed by atoms with van der Waals surface area (Å²) in [6.45, 7) is 0. The molecule has 0 N–H and O–H groups in total. The second-order valence-electron chi connectivity index (χ2n) is 5.69. The van der Waals surface area contributed by atoms with Gasteiger partial charge in [-0.05, 0) is 37.1 Å². The van der Waals surface area contributed by atoms with E-state index in [2.05, 4.69) is 0 Å². The molecule has 1 fully saturated rings. The zero-order chi connectivity index (χ0) is 16.4. The van der Waals surface area contributed by atoms with Gasteiger partial charge in [-0.15, -0.1) is 0 Å². The topological polar surface area (TPSA) is 37.4 Å². The first-order valence-corrected chi connectivity index (χ1v) is 8.82. The number of sulfonamides is 1. The van der Waals surface area contributed by atoms with E-state index in [1.165, 1.54) is 11.4 Å². The van der Waals surface area contributed by atoms with Crippen LogP contribution in [-0.2, 0) is 16.2 Å². The second-order valence-corrected chi connectivity index (χ2v) is 7.69. The lowest BCUT2D eigenvalue weighted by atomic mass is 10.1. The second kappa shape index (κ2) is 6.58. The summed E-state index contributed by atoms with van der Waals surface area (Å²) < 4.78 is 64.1. The van der Waals surface area contributed by atoms with Crippen molar-refractivity contribution in [3.05, 3.63) is 29.8 Å². The lowest BCUT2D eigenvalue weighted by molar-refractivity contribution is -0.137. The van der Waals surface area contributed by atoms with Crippen molar-refractivity contribution >= 4 is 10.0 Å². The molecule has 0 atom stereocenters. The number of hydrogen-bond donors (Lipinski definition) is 0. The van der Waals surface area contributed by atoms with Crippen LogP contribution < -0.4 is 0 Å². The van der Waals surface area contributed by atoms with Crippen LogP contribution in [0.2, 0.25) is 0 Å². The van der Waals surface area contributed by atoms with Crippen molar-refractivity contribution in [2.45, 2.75) is 55.6 Å². The van der Waals surface area contributed by atoms with E-state index in [0.29, 0.717) is 0 Å². The third-order valence-corrected chi connectivity index (χ3v) is 6.12. The standard InChI is InChI=1S/C15H20F3NO2S/c1-19(13-6-4-2-3-5-7-13)22(20,21)14-10-8-12(9-11-14)15(16,17)18/h8-11,13H,2-7H2,1H3. The van der Waals surface area contributed by atoms with Gasteiger partial charge in [0, 0.05) is 13.1 Å². The summed E-state index contributed by atoms with van der Waals surface area (Å²) in [4.78, 5) is -0.0905. The molecule has 0 heterocycles. The number of nitrogens with zero attached hydrogens (tertiary/aromatic N) is 1. The normalized spacial score (nSPS) is 18.4. The molecule has 0 bridgehead atoms. The van der Waals surface area contributed by atoms with Crippen LogP contribution in [-0.4, -0.2) is 25.8 Å². The van der Waals surface area contributed by atoms with E-state index in [0.717, 1.165) is 62.8 Å². The molecule has 0 aromatic heterocycles. The van der Waals surface area contributed by atoms with Gasteiger partial charge in [-0.2, -0.15) is 17.5 Å². The van der Waals surface area contributed by atoms with Gasteiger partial charge in [0.05, 0.1) is 10.5 Å². The fourth-order valence-electron chi connectivity index (χ4n) is 2.80. The van der Waals surface area contributed by atoms with Crippen LogP contribution in [0.15, 0.2) is 29.2 Å². The highest BCUT2D eigenvalue weighted by Crippen LogP contribution is 2.31. The first-order chi connectivity index (χ1) is 10.2. The van der Waals surface area contributed by atoms with E-state index < -0.39 is 21.8 Å². The van der Waals surface area contributed by atoms with Crippen molar-refractivity contribution < 1.29 is 21.6 Å². The van der Waals surface area contributed by atoms with Crippen LogP contribution in [0.3, 0.4) is 0 Å². The molecular weight excluding hydrogens is 315 g/mol. The molecule has 0 radical (unpaired) electrons. The maximum atomic E-state index is 12.6. The van der Waals surface area contributed by atoms with Crippen molar-refractivity contribution in [1.82, 2.24) is 4.31 Å². The van der Waals surface area contributed by atoms with E-state index >= 15 is 0 Å². The maximum Gasteiger partial charge on any atom is 0.416 e. The zero-order valence-corrected chi connectivity index (χ0v) is 13.3. The van der Waals surface area contributed by atoms with Crippen molar-refractivity contribution in [1.29, 1.82) is 0 Å². The SMILES string of the molecule is CN(C1CCCCCC1)S(=O)(=O)c1ccc(C(F)(F)F)cc1. The number of alkyl halides is 3. The third kappa shape index (κ3) is 3.81. The summed E-state index contributed by atoms with van der Waals surface area (Å²) in [5, 5.41) is 0. The fourth-order valence-corrected chi connectivity index (χ4v) is 4.22. The lowest BCUT2D eigenvalue weighted by Gasteiger charge is -2.26. The monoisotopic (exact) mass is 335 g/mol. The Morgan fingerprint density at radius 2 is 1.50 bits per heavy atom. The van der Waals surface area contributed by atoms with Crippen LogP contribution in [0.1, 0.15) is 44.1 Å². The number of benzene rings is 1. The summed E-state index contributed by atoms with van der Waals surface area (Å²) in [7, 11) is -2.23. The van der Waals surface area contributed by atoms with Gasteiger partial charge in [-0.25, -0.2) is 8.42 Å². The molecule has 1 aromatic carbocycles. The Labute approximate surface area is 129 Å². The van der Waals surface area contributed by atoms with Gasteiger partial charge in [0.25, 0.3) is 0 Å². The molecule has 7 heteroatoms. The van der Waals surface area contributed by atoms with Crippen LogP contribution in [0, 0.1) is 0 Å². The quantitative estimate of drug-likeness (QED) is 0.782. The van der Waals surface area contributed by atoms with E-state index in [4.69, 9.17) is 0 Å². The molecule has 0 amide bonds. The molecule has 3 nitrogen and oxygen atoms in total. The van der Waals surface area contributed by atoms with Crippen LogP contribution >= 0.6 is 0 Å². The molecular formula is C15H20F3NO2S. The van der Waals surface area contributed by atoms with Crippen molar-refractivity contribution in [2.75, 3.05) is 7.05 Å². The average molecular weight is 335 g/mol. The highest BCUT2D eigenvalue weighted by molar-refractivity contribution is 7.89. The van der Waals surface area contributed by atoms with Crippen molar-refractivity contribution in [3.63, 3.8) is 0 Å². The Morgan fingerprint density at radius 1 is 1.00 bits per heavy atom. The molecule has 1 saturated carbocycles. The molecule has 0 aliphatic heterocycles. The minimum absolute atomic E-state index is 0.0743. The molecule has 1 aliphatic rings. The van der Waals surface area contributed by atoms with E-state index in [9.17, 15) is 21.6 Å². The smallest absolute Gasteiger partial charge is 0.207 e. The molecule has 124 valence electrons. The van der Waals surface area contributed by atoms with Crippen LogP contribution in [0.4, 0.5) is 13.2 Å². The minimum atomic E-state index is -4.46. The average Bonchev–Trinajstić information content (AvgIpc) is 2.74. The number of hydrogen-bond acceptors (Lipinski definition) is 2. The van der Waals surface area contributed by atoms with Gasteiger partial charge < -0.3 is 0 Å². The highest BCUT2D eigenvalue weighted by atomic mass is 32.2. The molecule has 1 aliphatic carbocycles. The molecule has 1 aromatic rings. The first kappa shape index (κ1) is 17.3. The fraction of sp³-hybridized carbons (Fsp3) is 0.600. The Morgan fingerprint density at radius 3 is 1.95 bits per heavy atom. The summed E-state index contributed by atoms with van der Waals surface area (Å²) in [5.41, 5.74) is -0.844. The Hall–Kier alpha value is -1.08. The van der Waals surface area contributed by atoms with E-state index in [1.807, 2.05) is 0 Å². The Bertz CT molecular complexity index is 588.